The van der Waals surface area contributed by atoms with Crippen LogP contribution in [0, 0.1) is 6.92 Å². The van der Waals surface area contributed by atoms with Crippen molar-refractivity contribution in [1.29, 1.82) is 0 Å². The molecule has 1 unspecified atom stereocenters. The Morgan fingerprint density at radius 1 is 1.27 bits per heavy atom. The number of allylic oxidation sites excluding steroid dienone is 1. The Morgan fingerprint density at radius 2 is 1.92 bits per heavy atom. The van der Waals surface area contributed by atoms with Crippen molar-refractivity contribution < 1.29 is 23.6 Å². The Labute approximate surface area is 152 Å². The largest absolute Gasteiger partial charge is 0.467 e. The molecule has 1 N–H and O–H groups in total. The minimum Gasteiger partial charge on any atom is -0.467 e. The fraction of sp³-hybridized carbons (Fsp3) is 0.647. The van der Waals surface area contributed by atoms with E-state index in [0.717, 1.165) is 0 Å². The number of methoxy groups -OCH3 is 1. The standard InChI is InChI=1S/C17H27N3O6/c1-12-19-26-15(23)20(12)11-9-7-8-10-17(5,13(21)24-6)18-14(22)25-16(2,3)4/h7-8H,9-11H2,1-6H3,(H,18,22). The van der Waals surface area contributed by atoms with Gasteiger partial charge in [-0.2, -0.15) is 0 Å². The summed E-state index contributed by atoms with van der Waals surface area (Å²) in [4.78, 5) is 35.5. The summed E-state index contributed by atoms with van der Waals surface area (Å²) in [7, 11) is 1.25. The van der Waals surface area contributed by atoms with Crippen LogP contribution in [-0.2, 0) is 20.8 Å². The van der Waals surface area contributed by atoms with Gasteiger partial charge >= 0.3 is 17.8 Å². The van der Waals surface area contributed by atoms with Gasteiger partial charge in [0.05, 0.1) is 7.11 Å². The Balaban J connectivity index is 2.67. The molecule has 1 aromatic heterocycles. The van der Waals surface area contributed by atoms with Gasteiger partial charge in [-0.05, 0) is 47.5 Å². The van der Waals surface area contributed by atoms with Crippen LogP contribution in [0.15, 0.2) is 21.5 Å². The van der Waals surface area contributed by atoms with Crippen molar-refractivity contribution in [3.05, 3.63) is 28.5 Å². The third-order valence-corrected chi connectivity index (χ3v) is 3.49. The van der Waals surface area contributed by atoms with Gasteiger partial charge in [-0.3, -0.25) is 9.09 Å². The van der Waals surface area contributed by atoms with Gasteiger partial charge in [-0.15, -0.1) is 0 Å². The summed E-state index contributed by atoms with van der Waals surface area (Å²) < 4.78 is 15.9. The minimum atomic E-state index is -1.27. The Morgan fingerprint density at radius 3 is 2.42 bits per heavy atom. The van der Waals surface area contributed by atoms with Crippen LogP contribution in [0.2, 0.25) is 0 Å². The average Bonchev–Trinajstić information content (AvgIpc) is 2.83. The maximum atomic E-state index is 12.1. The summed E-state index contributed by atoms with van der Waals surface area (Å²) >= 11 is 0. The molecule has 1 atom stereocenters. The Bertz CT molecular complexity index is 713. The molecule has 0 bridgehead atoms. The lowest BCUT2D eigenvalue weighted by Crippen LogP contribution is -2.53. The van der Waals surface area contributed by atoms with E-state index in [9.17, 15) is 14.4 Å². The molecular formula is C17H27N3O6. The van der Waals surface area contributed by atoms with Gasteiger partial charge < -0.3 is 14.8 Å². The summed E-state index contributed by atoms with van der Waals surface area (Å²) in [5.74, 6) is -0.601. The fourth-order valence-electron chi connectivity index (χ4n) is 2.17. The average molecular weight is 369 g/mol. The molecule has 0 aliphatic carbocycles. The van der Waals surface area contributed by atoms with E-state index in [2.05, 4.69) is 15.0 Å². The van der Waals surface area contributed by atoms with Crippen molar-refractivity contribution in [2.45, 2.75) is 65.1 Å². The first kappa shape index (κ1) is 21.5. The van der Waals surface area contributed by atoms with Gasteiger partial charge in [0.1, 0.15) is 11.1 Å². The summed E-state index contributed by atoms with van der Waals surface area (Å²) in [6.45, 7) is 8.83. The lowest BCUT2D eigenvalue weighted by Gasteiger charge is -2.28. The Hall–Kier alpha value is -2.58. The number of rotatable bonds is 7. The predicted octanol–water partition coefficient (Wildman–Crippen LogP) is 1.94. The van der Waals surface area contributed by atoms with Crippen LogP contribution >= 0.6 is 0 Å². The number of esters is 1. The molecule has 0 spiro atoms. The number of aryl methyl sites for hydroxylation is 1. The normalized spacial score (nSPS) is 14.1. The second kappa shape index (κ2) is 8.68. The number of carbonyl (C=O) groups excluding carboxylic acids is 2. The summed E-state index contributed by atoms with van der Waals surface area (Å²) in [6.07, 6.45) is 3.58. The lowest BCUT2D eigenvalue weighted by atomic mass is 9.97. The van der Waals surface area contributed by atoms with E-state index < -0.39 is 29.0 Å². The number of nitrogens with one attached hydrogen (secondary N) is 1. The minimum absolute atomic E-state index is 0.205. The molecule has 0 radical (unpaired) electrons. The maximum absolute atomic E-state index is 12.1. The van der Waals surface area contributed by atoms with Gasteiger partial charge in [0.25, 0.3) is 0 Å². The molecule has 0 aromatic carbocycles. The van der Waals surface area contributed by atoms with Crippen molar-refractivity contribution >= 4 is 12.1 Å². The van der Waals surface area contributed by atoms with E-state index in [4.69, 9.17) is 9.47 Å². The van der Waals surface area contributed by atoms with Crippen LogP contribution in [0.3, 0.4) is 0 Å². The van der Waals surface area contributed by atoms with E-state index in [1.807, 2.05) is 0 Å². The molecule has 1 heterocycles. The molecular weight excluding hydrogens is 342 g/mol. The zero-order valence-electron chi connectivity index (χ0n) is 16.1. The molecule has 1 aromatic rings. The zero-order valence-corrected chi connectivity index (χ0v) is 16.1. The second-order valence-electron chi connectivity index (χ2n) is 7.06. The number of ether oxygens (including phenoxy) is 2. The van der Waals surface area contributed by atoms with Gasteiger partial charge in [-0.25, -0.2) is 14.4 Å². The molecule has 0 saturated carbocycles. The lowest BCUT2D eigenvalue weighted by molar-refractivity contribution is -0.147. The first-order valence-electron chi connectivity index (χ1n) is 8.26. The first-order valence-corrected chi connectivity index (χ1v) is 8.26. The molecule has 0 aliphatic heterocycles. The highest BCUT2D eigenvalue weighted by Gasteiger charge is 2.36. The van der Waals surface area contributed by atoms with E-state index in [1.54, 1.807) is 46.8 Å². The van der Waals surface area contributed by atoms with Crippen molar-refractivity contribution in [3.63, 3.8) is 0 Å². The van der Waals surface area contributed by atoms with Gasteiger partial charge in [0.2, 0.25) is 0 Å². The van der Waals surface area contributed by atoms with Gasteiger partial charge in [0.15, 0.2) is 5.82 Å². The summed E-state index contributed by atoms with van der Waals surface area (Å²) in [6, 6.07) is 0. The molecule has 0 aliphatic rings. The number of hydrogen-bond donors (Lipinski definition) is 1. The summed E-state index contributed by atoms with van der Waals surface area (Å²) in [5, 5.41) is 6.14. The quantitative estimate of drug-likeness (QED) is 0.577. The van der Waals surface area contributed by atoms with Crippen molar-refractivity contribution in [3.8, 4) is 0 Å². The molecule has 146 valence electrons. The van der Waals surface area contributed by atoms with Crippen LogP contribution in [0.4, 0.5) is 4.79 Å². The fourth-order valence-corrected chi connectivity index (χ4v) is 2.17. The smallest absolute Gasteiger partial charge is 0.441 e. The third-order valence-electron chi connectivity index (χ3n) is 3.49. The number of nitrogens with zero attached hydrogens (tertiary/aromatic N) is 2. The maximum Gasteiger partial charge on any atom is 0.441 e. The molecule has 9 heteroatoms. The number of alkyl carbamates (subject to hydrolysis) is 1. The number of aromatic nitrogens is 2. The molecule has 9 nitrogen and oxygen atoms in total. The van der Waals surface area contributed by atoms with Crippen LogP contribution < -0.4 is 11.1 Å². The Kier molecular flexibility index (Phi) is 7.17. The third kappa shape index (κ3) is 6.38. The first-order chi connectivity index (χ1) is 12.0. The summed E-state index contributed by atoms with van der Waals surface area (Å²) in [5.41, 5.74) is -1.95. The van der Waals surface area contributed by atoms with Gasteiger partial charge in [-0.1, -0.05) is 17.3 Å². The van der Waals surface area contributed by atoms with E-state index in [-0.39, 0.29) is 6.42 Å². The molecule has 1 amide bonds. The van der Waals surface area contributed by atoms with Crippen LogP contribution in [0.5, 0.6) is 0 Å². The second-order valence-corrected chi connectivity index (χ2v) is 7.06. The van der Waals surface area contributed by atoms with E-state index in [1.165, 1.54) is 11.7 Å². The predicted molar refractivity (Wildman–Crippen MR) is 93.7 cm³/mol. The monoisotopic (exact) mass is 369 g/mol. The van der Waals surface area contributed by atoms with Crippen molar-refractivity contribution in [2.75, 3.05) is 7.11 Å². The van der Waals surface area contributed by atoms with Gasteiger partial charge in [0, 0.05) is 6.54 Å². The van der Waals surface area contributed by atoms with Crippen LogP contribution in [0.1, 0.15) is 46.4 Å². The highest BCUT2D eigenvalue weighted by Crippen LogP contribution is 2.15. The highest BCUT2D eigenvalue weighted by molar-refractivity contribution is 5.85. The van der Waals surface area contributed by atoms with Crippen LogP contribution in [0.25, 0.3) is 0 Å². The highest BCUT2D eigenvalue weighted by atomic mass is 16.6. The van der Waals surface area contributed by atoms with Crippen molar-refractivity contribution in [1.82, 2.24) is 15.0 Å². The number of amides is 1. The molecule has 0 saturated heterocycles. The zero-order chi connectivity index (χ0) is 20.0. The van der Waals surface area contributed by atoms with E-state index in [0.29, 0.717) is 18.8 Å². The SMILES string of the molecule is COC(=O)C(C)(CC=CCCn1c(C)noc1=O)NC(=O)OC(C)(C)C. The van der Waals surface area contributed by atoms with Crippen molar-refractivity contribution in [2.24, 2.45) is 0 Å². The number of hydrogen-bond acceptors (Lipinski definition) is 7. The van der Waals surface area contributed by atoms with E-state index >= 15 is 0 Å². The molecule has 1 rings (SSSR count). The number of carbonyl (C=O) groups is 2. The molecule has 26 heavy (non-hydrogen) atoms. The van der Waals surface area contributed by atoms with Crippen LogP contribution in [-0.4, -0.2) is 40.0 Å². The topological polar surface area (TPSA) is 113 Å². The molecule has 0 fully saturated rings.